The molecule has 0 saturated heterocycles. The molecule has 2 heterocycles. The van der Waals surface area contributed by atoms with E-state index in [1.807, 2.05) is 31.4 Å². The van der Waals surface area contributed by atoms with Gasteiger partial charge in [0.2, 0.25) is 0 Å². The second-order valence-electron chi connectivity index (χ2n) is 4.81. The van der Waals surface area contributed by atoms with Crippen LogP contribution in [0.3, 0.4) is 0 Å². The number of rotatable bonds is 5. The second kappa shape index (κ2) is 6.10. The molecule has 0 aliphatic heterocycles. The van der Waals surface area contributed by atoms with Crippen LogP contribution in [0, 0.1) is 11.3 Å². The monoisotopic (exact) mass is 294 g/mol. The minimum absolute atomic E-state index is 0.325. The highest BCUT2D eigenvalue weighted by atomic mass is 16.5. The Morgan fingerprint density at radius 2 is 2.14 bits per heavy atom. The lowest BCUT2D eigenvalue weighted by atomic mass is 10.1. The Morgan fingerprint density at radius 3 is 2.91 bits per heavy atom. The first-order valence-corrected chi connectivity index (χ1v) is 6.73. The summed E-state index contributed by atoms with van der Waals surface area (Å²) in [6, 6.07) is 9.62. The van der Waals surface area contributed by atoms with Crippen LogP contribution in [0.25, 0.3) is 0 Å². The van der Waals surface area contributed by atoms with Gasteiger partial charge in [0.1, 0.15) is 12.3 Å². The molecule has 0 amide bonds. The molecule has 1 aromatic carbocycles. The summed E-state index contributed by atoms with van der Waals surface area (Å²) < 4.78 is 8.93. The summed E-state index contributed by atoms with van der Waals surface area (Å²) in [5.74, 6) is 0.687. The summed E-state index contributed by atoms with van der Waals surface area (Å²) in [6.45, 7) is 0.829. The van der Waals surface area contributed by atoms with E-state index in [-0.39, 0.29) is 0 Å². The van der Waals surface area contributed by atoms with Crippen LogP contribution in [0.4, 0.5) is 0 Å². The van der Waals surface area contributed by atoms with Crippen LogP contribution in [0.1, 0.15) is 16.8 Å². The molecule has 0 aliphatic rings. The molecule has 0 bridgehead atoms. The molecule has 0 unspecified atom stereocenters. The van der Waals surface area contributed by atoms with Crippen LogP contribution in [-0.2, 0) is 20.2 Å². The lowest BCUT2D eigenvalue weighted by molar-refractivity contribution is 0.301. The summed E-state index contributed by atoms with van der Waals surface area (Å²) in [5.41, 5.74) is 2.28. The Bertz CT molecular complexity index is 813. The maximum Gasteiger partial charge on any atom is 0.157 e. The van der Waals surface area contributed by atoms with Crippen molar-refractivity contribution in [2.75, 3.05) is 0 Å². The van der Waals surface area contributed by atoms with E-state index >= 15 is 0 Å². The summed E-state index contributed by atoms with van der Waals surface area (Å²) in [7, 11) is 1.83. The van der Waals surface area contributed by atoms with Crippen LogP contribution in [0.2, 0.25) is 0 Å². The fourth-order valence-corrected chi connectivity index (χ4v) is 2.05. The van der Waals surface area contributed by atoms with Gasteiger partial charge in [0, 0.05) is 7.05 Å². The highest BCUT2D eigenvalue weighted by Gasteiger charge is 2.06. The van der Waals surface area contributed by atoms with E-state index in [9.17, 15) is 0 Å². The van der Waals surface area contributed by atoms with Crippen molar-refractivity contribution in [3.8, 4) is 11.8 Å². The van der Waals surface area contributed by atoms with Gasteiger partial charge in [-0.2, -0.15) is 10.4 Å². The number of aryl methyl sites for hydroxylation is 1. The van der Waals surface area contributed by atoms with Crippen molar-refractivity contribution in [3.63, 3.8) is 0 Å². The number of hydrogen-bond donors (Lipinski definition) is 0. The van der Waals surface area contributed by atoms with Crippen molar-refractivity contribution in [3.05, 3.63) is 59.7 Å². The molecule has 0 radical (unpaired) electrons. The fourth-order valence-electron chi connectivity index (χ4n) is 2.05. The SMILES string of the molecule is Cn1cc(OCc2cn(Cc3ccccc3C#N)nn2)cn1. The van der Waals surface area contributed by atoms with E-state index in [4.69, 9.17) is 10.00 Å². The van der Waals surface area contributed by atoms with Gasteiger partial charge in [0.15, 0.2) is 5.75 Å². The van der Waals surface area contributed by atoms with Crippen molar-refractivity contribution in [1.82, 2.24) is 24.8 Å². The van der Waals surface area contributed by atoms with Gasteiger partial charge < -0.3 is 4.74 Å². The van der Waals surface area contributed by atoms with Crippen LogP contribution in [0.5, 0.6) is 5.75 Å². The molecule has 3 rings (SSSR count). The molecule has 0 saturated carbocycles. The van der Waals surface area contributed by atoms with Gasteiger partial charge >= 0.3 is 0 Å². The lowest BCUT2D eigenvalue weighted by Gasteiger charge is -2.02. The van der Waals surface area contributed by atoms with Gasteiger partial charge in [-0.3, -0.25) is 4.68 Å². The van der Waals surface area contributed by atoms with Crippen molar-refractivity contribution in [2.24, 2.45) is 7.05 Å². The molecule has 7 nitrogen and oxygen atoms in total. The fraction of sp³-hybridized carbons (Fsp3) is 0.200. The Hall–Kier alpha value is -3.14. The average molecular weight is 294 g/mol. The molecule has 0 spiro atoms. The van der Waals surface area contributed by atoms with Crippen LogP contribution >= 0.6 is 0 Å². The maximum absolute atomic E-state index is 9.09. The summed E-state index contributed by atoms with van der Waals surface area (Å²) >= 11 is 0. The maximum atomic E-state index is 9.09. The van der Waals surface area contributed by atoms with Crippen molar-refractivity contribution in [2.45, 2.75) is 13.2 Å². The molecule has 2 aromatic heterocycles. The van der Waals surface area contributed by atoms with E-state index in [1.54, 1.807) is 27.8 Å². The first-order valence-electron chi connectivity index (χ1n) is 6.73. The normalized spacial score (nSPS) is 10.4. The van der Waals surface area contributed by atoms with E-state index in [0.717, 1.165) is 11.3 Å². The average Bonchev–Trinajstić information content (AvgIpc) is 3.15. The van der Waals surface area contributed by atoms with Gasteiger partial charge in [-0.05, 0) is 11.6 Å². The largest absolute Gasteiger partial charge is 0.484 e. The highest BCUT2D eigenvalue weighted by molar-refractivity contribution is 5.37. The van der Waals surface area contributed by atoms with Crippen molar-refractivity contribution in [1.29, 1.82) is 5.26 Å². The van der Waals surface area contributed by atoms with E-state index in [2.05, 4.69) is 21.5 Å². The molecule has 110 valence electrons. The third-order valence-electron chi connectivity index (χ3n) is 3.12. The molecular weight excluding hydrogens is 280 g/mol. The van der Waals surface area contributed by atoms with Gasteiger partial charge in [-0.1, -0.05) is 23.4 Å². The van der Waals surface area contributed by atoms with E-state index < -0.39 is 0 Å². The molecule has 0 fully saturated rings. The molecule has 7 heteroatoms. The zero-order chi connectivity index (χ0) is 15.4. The highest BCUT2D eigenvalue weighted by Crippen LogP contribution is 2.11. The molecule has 3 aromatic rings. The number of aromatic nitrogens is 5. The predicted octanol–water partition coefficient (Wildman–Crippen LogP) is 1.51. The van der Waals surface area contributed by atoms with Crippen molar-refractivity contribution >= 4 is 0 Å². The van der Waals surface area contributed by atoms with Gasteiger partial charge in [-0.25, -0.2) is 4.68 Å². The van der Waals surface area contributed by atoms with Crippen LogP contribution < -0.4 is 4.74 Å². The second-order valence-corrected chi connectivity index (χ2v) is 4.81. The first-order chi connectivity index (χ1) is 10.7. The Balaban J connectivity index is 1.65. The lowest BCUT2D eigenvalue weighted by Crippen LogP contribution is -2.02. The Labute approximate surface area is 127 Å². The number of nitriles is 1. The molecule has 0 N–H and O–H groups in total. The third-order valence-corrected chi connectivity index (χ3v) is 3.12. The predicted molar refractivity (Wildman–Crippen MR) is 77.8 cm³/mol. The van der Waals surface area contributed by atoms with Crippen molar-refractivity contribution < 1.29 is 4.74 Å². The minimum Gasteiger partial charge on any atom is -0.484 e. The summed E-state index contributed by atoms with van der Waals surface area (Å²) in [5, 5.41) is 21.2. The third kappa shape index (κ3) is 3.12. The number of benzene rings is 1. The van der Waals surface area contributed by atoms with Gasteiger partial charge in [0.05, 0.1) is 36.8 Å². The minimum atomic E-state index is 0.325. The molecule has 22 heavy (non-hydrogen) atoms. The Kier molecular flexibility index (Phi) is 3.83. The number of hydrogen-bond acceptors (Lipinski definition) is 5. The smallest absolute Gasteiger partial charge is 0.157 e. The Morgan fingerprint density at radius 1 is 1.27 bits per heavy atom. The molecule has 0 aliphatic carbocycles. The zero-order valence-electron chi connectivity index (χ0n) is 12.0. The summed E-state index contributed by atoms with van der Waals surface area (Å²) in [4.78, 5) is 0. The van der Waals surface area contributed by atoms with E-state index in [0.29, 0.717) is 24.5 Å². The zero-order valence-corrected chi connectivity index (χ0v) is 12.0. The van der Waals surface area contributed by atoms with Gasteiger partial charge in [0.25, 0.3) is 0 Å². The van der Waals surface area contributed by atoms with E-state index in [1.165, 1.54) is 0 Å². The summed E-state index contributed by atoms with van der Waals surface area (Å²) in [6.07, 6.45) is 5.24. The van der Waals surface area contributed by atoms with Gasteiger partial charge in [-0.15, -0.1) is 5.10 Å². The number of ether oxygens (including phenoxy) is 1. The number of nitrogens with zero attached hydrogens (tertiary/aromatic N) is 6. The molecule has 0 atom stereocenters. The topological polar surface area (TPSA) is 81.5 Å². The first kappa shape index (κ1) is 13.8. The quantitative estimate of drug-likeness (QED) is 0.712. The van der Waals surface area contributed by atoms with Crippen LogP contribution in [0.15, 0.2) is 42.9 Å². The van der Waals surface area contributed by atoms with Crippen LogP contribution in [-0.4, -0.2) is 24.8 Å². The standard InChI is InChI=1S/C15H14N6O/c1-20-10-15(7-17-20)22-11-14-9-21(19-18-14)8-13-5-3-2-4-12(13)6-16/h2-5,7,9-10H,8,11H2,1H3. The molecular formula is C15H14N6O.